The van der Waals surface area contributed by atoms with Gasteiger partial charge in [-0.1, -0.05) is 0 Å². The van der Waals surface area contributed by atoms with Crippen LogP contribution < -0.4 is 5.32 Å². The Bertz CT molecular complexity index is 713. The Hall–Kier alpha value is -2.15. The second kappa shape index (κ2) is 6.05. The number of carbonyl (C=O) groups is 3. The van der Waals surface area contributed by atoms with Crippen molar-refractivity contribution in [3.8, 4) is 0 Å². The van der Waals surface area contributed by atoms with Gasteiger partial charge in [0.2, 0.25) is 0 Å². The molecule has 0 unspecified atom stereocenters. The van der Waals surface area contributed by atoms with Crippen molar-refractivity contribution >= 4 is 17.7 Å². The summed E-state index contributed by atoms with van der Waals surface area (Å²) >= 11 is 0. The number of carbonyl (C=O) groups excluding carboxylic acids is 2. The minimum absolute atomic E-state index is 0.168. The fourth-order valence-electron chi connectivity index (χ4n) is 3.68. The monoisotopic (exact) mass is 334 g/mol. The van der Waals surface area contributed by atoms with Crippen molar-refractivity contribution < 1.29 is 24.2 Å². The quantitative estimate of drug-likeness (QED) is 0.639. The molecule has 2 N–H and O–H groups in total. The molecule has 1 aromatic heterocycles. The second-order valence-corrected chi connectivity index (χ2v) is 6.81. The maximum Gasteiger partial charge on any atom is 0.337 e. The summed E-state index contributed by atoms with van der Waals surface area (Å²) in [7, 11) is 0. The number of aromatic nitrogens is 1. The number of aromatic carboxylic acids is 1. The van der Waals surface area contributed by atoms with Crippen LogP contribution >= 0.6 is 0 Å². The average Bonchev–Trinajstić information content (AvgIpc) is 3.05. The smallest absolute Gasteiger partial charge is 0.337 e. The first-order valence-corrected chi connectivity index (χ1v) is 8.24. The van der Waals surface area contributed by atoms with Crippen LogP contribution in [-0.4, -0.2) is 46.1 Å². The van der Waals surface area contributed by atoms with Gasteiger partial charge in [0, 0.05) is 31.0 Å². The Morgan fingerprint density at radius 2 is 1.92 bits per heavy atom. The van der Waals surface area contributed by atoms with E-state index < -0.39 is 23.2 Å². The van der Waals surface area contributed by atoms with Crippen molar-refractivity contribution in [2.75, 3.05) is 13.2 Å². The number of hydrogen-bond donors (Lipinski definition) is 2. The number of fused-ring (bicyclic) bond motifs is 1. The van der Waals surface area contributed by atoms with Gasteiger partial charge in [-0.05, 0) is 45.1 Å². The van der Waals surface area contributed by atoms with Crippen LogP contribution in [0.25, 0.3) is 0 Å². The van der Waals surface area contributed by atoms with Crippen molar-refractivity contribution in [1.29, 1.82) is 0 Å². The third kappa shape index (κ3) is 2.73. The molecule has 1 fully saturated rings. The van der Waals surface area contributed by atoms with E-state index in [-0.39, 0.29) is 11.3 Å². The third-order valence-corrected chi connectivity index (χ3v) is 5.06. The molecule has 0 aliphatic carbocycles. The molecular weight excluding hydrogens is 312 g/mol. The molecule has 2 aliphatic heterocycles. The van der Waals surface area contributed by atoms with E-state index in [9.17, 15) is 19.5 Å². The number of carboxylic acids is 1. The molecule has 3 rings (SSSR count). The van der Waals surface area contributed by atoms with E-state index in [1.54, 1.807) is 11.5 Å². The summed E-state index contributed by atoms with van der Waals surface area (Å²) in [5, 5.41) is 12.2. The van der Waals surface area contributed by atoms with Gasteiger partial charge in [0.1, 0.15) is 0 Å². The number of ether oxygens (including phenoxy) is 1. The largest absolute Gasteiger partial charge is 0.478 e. The lowest BCUT2D eigenvalue weighted by atomic mass is 9.92. The van der Waals surface area contributed by atoms with E-state index >= 15 is 0 Å². The number of ketones is 1. The van der Waals surface area contributed by atoms with Crippen molar-refractivity contribution in [1.82, 2.24) is 9.88 Å². The minimum atomic E-state index is -1.05. The van der Waals surface area contributed by atoms with E-state index in [1.165, 1.54) is 0 Å². The number of nitrogens with one attached hydrogen (secondary N) is 1. The fourth-order valence-corrected chi connectivity index (χ4v) is 3.68. The molecule has 7 heteroatoms. The Kier molecular flexibility index (Phi) is 4.21. The molecular formula is C17H22N2O5. The topological polar surface area (TPSA) is 97.6 Å². The van der Waals surface area contributed by atoms with Gasteiger partial charge in [-0.25, -0.2) is 4.79 Å². The van der Waals surface area contributed by atoms with Gasteiger partial charge >= 0.3 is 5.97 Å². The van der Waals surface area contributed by atoms with E-state index in [0.29, 0.717) is 50.3 Å². The molecule has 0 saturated carbocycles. The number of rotatable bonds is 4. The Morgan fingerprint density at radius 3 is 2.54 bits per heavy atom. The van der Waals surface area contributed by atoms with E-state index in [4.69, 9.17) is 4.74 Å². The lowest BCUT2D eigenvalue weighted by molar-refractivity contribution is -0.119. The molecule has 0 atom stereocenters. The van der Waals surface area contributed by atoms with E-state index in [1.807, 2.05) is 6.92 Å². The normalized spacial score (nSPS) is 18.9. The van der Waals surface area contributed by atoms with Crippen LogP contribution in [0.1, 0.15) is 58.3 Å². The van der Waals surface area contributed by atoms with E-state index in [2.05, 4.69) is 5.32 Å². The van der Waals surface area contributed by atoms with Gasteiger partial charge in [0.15, 0.2) is 0 Å². The average molecular weight is 334 g/mol. The number of amides is 1. The fraction of sp³-hybridized carbons (Fsp3) is 0.588. The Morgan fingerprint density at radius 1 is 1.25 bits per heavy atom. The Balaban J connectivity index is 1.89. The molecule has 0 spiro atoms. The summed E-state index contributed by atoms with van der Waals surface area (Å²) in [5.74, 6) is -2.38. The lowest BCUT2D eigenvalue weighted by Gasteiger charge is -2.34. The van der Waals surface area contributed by atoms with Crippen molar-refractivity contribution in [3.63, 3.8) is 0 Å². The van der Waals surface area contributed by atoms with Crippen LogP contribution in [0.3, 0.4) is 0 Å². The molecule has 1 saturated heterocycles. The standard InChI is InChI=1S/C17H22N2O5/c1-10-12(16(22)23)11-4-3-7-19(11)13(10)14(20)15(21)18-17(2)5-8-24-9-6-17/h3-9H2,1-2H3,(H,18,21)(H,22,23). The molecule has 1 amide bonds. The van der Waals surface area contributed by atoms with Crippen LogP contribution in [-0.2, 0) is 22.5 Å². The highest BCUT2D eigenvalue weighted by Crippen LogP contribution is 2.29. The van der Waals surface area contributed by atoms with Gasteiger partial charge in [0.25, 0.3) is 11.7 Å². The van der Waals surface area contributed by atoms with Crippen molar-refractivity contribution in [2.45, 2.75) is 51.6 Å². The number of hydrogen-bond acceptors (Lipinski definition) is 4. The van der Waals surface area contributed by atoms with Crippen LogP contribution in [0.4, 0.5) is 0 Å². The zero-order valence-corrected chi connectivity index (χ0v) is 14.0. The maximum atomic E-state index is 12.7. The molecule has 0 radical (unpaired) electrons. The van der Waals surface area contributed by atoms with Crippen LogP contribution in [0, 0.1) is 6.92 Å². The summed E-state index contributed by atoms with van der Waals surface area (Å²) in [6.07, 6.45) is 2.70. The first-order chi connectivity index (χ1) is 11.3. The summed E-state index contributed by atoms with van der Waals surface area (Å²) in [6, 6.07) is 0. The first kappa shape index (κ1) is 16.7. The molecule has 2 aliphatic rings. The van der Waals surface area contributed by atoms with Gasteiger partial charge in [-0.3, -0.25) is 9.59 Å². The molecule has 7 nitrogen and oxygen atoms in total. The van der Waals surface area contributed by atoms with E-state index in [0.717, 1.165) is 6.42 Å². The van der Waals surface area contributed by atoms with Crippen LogP contribution in [0.5, 0.6) is 0 Å². The zero-order chi connectivity index (χ0) is 17.5. The maximum absolute atomic E-state index is 12.7. The summed E-state index contributed by atoms with van der Waals surface area (Å²) in [5.41, 5.74) is 0.950. The highest BCUT2D eigenvalue weighted by Gasteiger charge is 2.36. The molecule has 0 bridgehead atoms. The van der Waals surface area contributed by atoms with Gasteiger partial charge in [0.05, 0.1) is 11.3 Å². The third-order valence-electron chi connectivity index (χ3n) is 5.06. The SMILES string of the molecule is Cc1c(C(=O)O)c2n(c1C(=O)C(=O)NC1(C)CCOCC1)CCC2. The minimum Gasteiger partial charge on any atom is -0.478 e. The predicted molar refractivity (Wildman–Crippen MR) is 85.4 cm³/mol. The molecule has 0 aromatic carbocycles. The summed E-state index contributed by atoms with van der Waals surface area (Å²) in [6.45, 7) is 5.18. The zero-order valence-electron chi connectivity index (χ0n) is 14.0. The summed E-state index contributed by atoms with van der Waals surface area (Å²) < 4.78 is 7.00. The Labute approximate surface area is 140 Å². The number of nitrogens with zero attached hydrogens (tertiary/aromatic N) is 1. The molecule has 130 valence electrons. The van der Waals surface area contributed by atoms with Gasteiger partial charge in [-0.2, -0.15) is 0 Å². The molecule has 3 heterocycles. The van der Waals surface area contributed by atoms with Crippen molar-refractivity contribution in [2.24, 2.45) is 0 Å². The highest BCUT2D eigenvalue weighted by atomic mass is 16.5. The van der Waals surface area contributed by atoms with Crippen molar-refractivity contribution in [3.05, 3.63) is 22.5 Å². The van der Waals surface area contributed by atoms with Crippen LogP contribution in [0.2, 0.25) is 0 Å². The molecule has 1 aromatic rings. The van der Waals surface area contributed by atoms with Gasteiger partial charge < -0.3 is 19.7 Å². The van der Waals surface area contributed by atoms with Crippen LogP contribution in [0.15, 0.2) is 0 Å². The van der Waals surface area contributed by atoms with Gasteiger partial charge in [-0.15, -0.1) is 0 Å². The number of Topliss-reactive ketones (excluding diaryl/α,β-unsaturated/α-hetero) is 1. The number of carboxylic acid groups (broad SMARTS) is 1. The highest BCUT2D eigenvalue weighted by molar-refractivity contribution is 6.43. The summed E-state index contributed by atoms with van der Waals surface area (Å²) in [4.78, 5) is 36.7. The predicted octanol–water partition coefficient (Wildman–Crippen LogP) is 1.31. The first-order valence-electron chi connectivity index (χ1n) is 8.24. The second-order valence-electron chi connectivity index (χ2n) is 6.81. The lowest BCUT2D eigenvalue weighted by Crippen LogP contribution is -2.51. The molecule has 24 heavy (non-hydrogen) atoms.